The van der Waals surface area contributed by atoms with Crippen LogP contribution in [0.5, 0.6) is 0 Å². The van der Waals surface area contributed by atoms with E-state index in [2.05, 4.69) is 10.3 Å². The van der Waals surface area contributed by atoms with Crippen molar-refractivity contribution in [3.8, 4) is 11.3 Å². The Labute approximate surface area is 115 Å². The van der Waals surface area contributed by atoms with Crippen LogP contribution in [0.25, 0.3) is 11.3 Å². The molecule has 0 bridgehead atoms. The third-order valence-electron chi connectivity index (χ3n) is 2.36. The maximum Gasteiger partial charge on any atom is 0.278 e. The Bertz CT molecular complexity index is 602. The molecule has 0 aliphatic heterocycles. The van der Waals surface area contributed by atoms with Crippen LogP contribution in [-0.2, 0) is 0 Å². The van der Waals surface area contributed by atoms with Gasteiger partial charge in [0.1, 0.15) is 0 Å². The highest BCUT2D eigenvalue weighted by Crippen LogP contribution is 2.32. The van der Waals surface area contributed by atoms with Crippen molar-refractivity contribution in [1.29, 1.82) is 0 Å². The summed E-state index contributed by atoms with van der Waals surface area (Å²) in [7, 11) is 0. The number of para-hydroxylation sites is 1. The topological polar surface area (TPSA) is 68.1 Å². The van der Waals surface area contributed by atoms with E-state index in [4.69, 9.17) is 0 Å². The summed E-state index contributed by atoms with van der Waals surface area (Å²) in [5, 5.41) is 16.8. The van der Waals surface area contributed by atoms with Gasteiger partial charge in [0, 0.05) is 17.0 Å². The molecule has 2 rings (SSSR count). The molecule has 0 spiro atoms. The zero-order valence-corrected chi connectivity index (χ0v) is 11.8. The molecule has 0 saturated carbocycles. The van der Waals surface area contributed by atoms with Crippen molar-refractivity contribution in [2.45, 2.75) is 26.3 Å². The minimum Gasteiger partial charge on any atom is -0.357 e. The molecular formula is C13H15N3O2S. The van der Waals surface area contributed by atoms with E-state index in [-0.39, 0.29) is 16.1 Å². The van der Waals surface area contributed by atoms with Gasteiger partial charge in [-0.25, -0.2) is 4.98 Å². The van der Waals surface area contributed by atoms with Crippen LogP contribution in [0.4, 0.5) is 10.8 Å². The molecule has 5 nitrogen and oxygen atoms in total. The number of rotatable bonds is 3. The molecular weight excluding hydrogens is 262 g/mol. The molecule has 1 heterocycles. The second-order valence-corrected chi connectivity index (χ2v) is 6.05. The van der Waals surface area contributed by atoms with Crippen molar-refractivity contribution in [2.75, 3.05) is 5.32 Å². The van der Waals surface area contributed by atoms with Crippen molar-refractivity contribution in [3.63, 3.8) is 0 Å². The van der Waals surface area contributed by atoms with E-state index in [9.17, 15) is 10.1 Å². The number of nitrogens with one attached hydrogen (secondary N) is 1. The first-order valence-corrected chi connectivity index (χ1v) is 6.72. The van der Waals surface area contributed by atoms with Crippen molar-refractivity contribution >= 4 is 22.2 Å². The maximum atomic E-state index is 11.0. The number of nitro groups is 1. The summed E-state index contributed by atoms with van der Waals surface area (Å²) in [6.07, 6.45) is 0. The van der Waals surface area contributed by atoms with E-state index >= 15 is 0 Å². The van der Waals surface area contributed by atoms with Crippen LogP contribution in [0.3, 0.4) is 0 Å². The molecule has 1 aromatic carbocycles. The summed E-state index contributed by atoms with van der Waals surface area (Å²) in [5.41, 5.74) is 1.17. The van der Waals surface area contributed by atoms with Gasteiger partial charge in [0.05, 0.1) is 16.2 Å². The third kappa shape index (κ3) is 3.29. The zero-order chi connectivity index (χ0) is 14.0. The van der Waals surface area contributed by atoms with E-state index in [0.29, 0.717) is 11.3 Å². The SMILES string of the molecule is CC(C)(C)Nc1nc(-c2ccccc2[N+](=O)[O-])cs1. The monoisotopic (exact) mass is 277 g/mol. The van der Waals surface area contributed by atoms with Gasteiger partial charge in [0.15, 0.2) is 5.13 Å². The van der Waals surface area contributed by atoms with E-state index in [1.165, 1.54) is 17.4 Å². The summed E-state index contributed by atoms with van der Waals surface area (Å²) < 4.78 is 0. The minimum absolute atomic E-state index is 0.0788. The van der Waals surface area contributed by atoms with Crippen molar-refractivity contribution in [2.24, 2.45) is 0 Å². The third-order valence-corrected chi connectivity index (χ3v) is 3.12. The van der Waals surface area contributed by atoms with Gasteiger partial charge in [0.2, 0.25) is 0 Å². The Morgan fingerprint density at radius 1 is 1.32 bits per heavy atom. The maximum absolute atomic E-state index is 11.0. The quantitative estimate of drug-likeness (QED) is 0.681. The summed E-state index contributed by atoms with van der Waals surface area (Å²) in [4.78, 5) is 15.0. The van der Waals surface area contributed by atoms with Crippen LogP contribution >= 0.6 is 11.3 Å². The Hall–Kier alpha value is -1.95. The summed E-state index contributed by atoms with van der Waals surface area (Å²) >= 11 is 1.45. The Balaban J connectivity index is 2.36. The molecule has 2 aromatic rings. The number of anilines is 1. The summed E-state index contributed by atoms with van der Waals surface area (Å²) in [5.74, 6) is 0. The molecule has 0 amide bonds. The summed E-state index contributed by atoms with van der Waals surface area (Å²) in [6.45, 7) is 6.12. The van der Waals surface area contributed by atoms with Gasteiger partial charge in [-0.3, -0.25) is 10.1 Å². The average Bonchev–Trinajstić information content (AvgIpc) is 2.75. The van der Waals surface area contributed by atoms with Gasteiger partial charge in [-0.05, 0) is 26.8 Å². The largest absolute Gasteiger partial charge is 0.357 e. The van der Waals surface area contributed by atoms with E-state index < -0.39 is 0 Å². The Kier molecular flexibility index (Phi) is 3.53. The van der Waals surface area contributed by atoms with Gasteiger partial charge in [0.25, 0.3) is 5.69 Å². The molecule has 0 atom stereocenters. The summed E-state index contributed by atoms with van der Waals surface area (Å²) in [6, 6.07) is 6.64. The standard InChI is InChI=1S/C13H15N3O2S/c1-13(2,3)15-12-14-10(8-19-12)9-6-4-5-7-11(9)16(17)18/h4-8H,1-3H3,(H,14,15). The fraction of sp³-hybridized carbons (Fsp3) is 0.308. The molecule has 1 aromatic heterocycles. The smallest absolute Gasteiger partial charge is 0.278 e. The highest BCUT2D eigenvalue weighted by molar-refractivity contribution is 7.14. The number of nitrogens with zero attached hydrogens (tertiary/aromatic N) is 2. The van der Waals surface area contributed by atoms with Gasteiger partial charge < -0.3 is 5.32 Å². The first-order chi connectivity index (χ1) is 8.87. The number of benzene rings is 1. The fourth-order valence-electron chi connectivity index (χ4n) is 1.63. The number of thiazole rings is 1. The predicted octanol–water partition coefficient (Wildman–Crippen LogP) is 3.93. The number of nitro benzene ring substituents is 1. The predicted molar refractivity (Wildman–Crippen MR) is 77.6 cm³/mol. The van der Waals surface area contributed by atoms with Crippen LogP contribution in [-0.4, -0.2) is 15.4 Å². The second kappa shape index (κ2) is 4.97. The lowest BCUT2D eigenvalue weighted by molar-refractivity contribution is -0.384. The van der Waals surface area contributed by atoms with Crippen LogP contribution in [0.15, 0.2) is 29.6 Å². The highest BCUT2D eigenvalue weighted by Gasteiger charge is 2.18. The lowest BCUT2D eigenvalue weighted by Gasteiger charge is -2.19. The van der Waals surface area contributed by atoms with E-state index in [1.54, 1.807) is 18.2 Å². The van der Waals surface area contributed by atoms with E-state index in [0.717, 1.165) is 5.13 Å². The molecule has 0 aliphatic carbocycles. The van der Waals surface area contributed by atoms with Crippen molar-refractivity contribution < 1.29 is 4.92 Å². The molecule has 0 saturated heterocycles. The van der Waals surface area contributed by atoms with Crippen LogP contribution in [0.2, 0.25) is 0 Å². The molecule has 0 radical (unpaired) electrons. The molecule has 0 aliphatic rings. The molecule has 6 heteroatoms. The van der Waals surface area contributed by atoms with Gasteiger partial charge in [-0.2, -0.15) is 0 Å². The molecule has 1 N–H and O–H groups in total. The zero-order valence-electron chi connectivity index (χ0n) is 11.0. The Morgan fingerprint density at radius 3 is 2.63 bits per heavy atom. The molecule has 19 heavy (non-hydrogen) atoms. The molecule has 0 fully saturated rings. The number of hydrogen-bond donors (Lipinski definition) is 1. The lowest BCUT2D eigenvalue weighted by atomic mass is 10.1. The fourth-order valence-corrected chi connectivity index (χ4v) is 2.54. The van der Waals surface area contributed by atoms with Crippen LogP contribution in [0.1, 0.15) is 20.8 Å². The normalized spacial score (nSPS) is 11.3. The average molecular weight is 277 g/mol. The Morgan fingerprint density at radius 2 is 2.00 bits per heavy atom. The minimum atomic E-state index is -0.383. The first kappa shape index (κ1) is 13.5. The number of aromatic nitrogens is 1. The second-order valence-electron chi connectivity index (χ2n) is 5.19. The van der Waals surface area contributed by atoms with Crippen molar-refractivity contribution in [3.05, 3.63) is 39.8 Å². The molecule has 0 unspecified atom stereocenters. The van der Waals surface area contributed by atoms with Gasteiger partial charge >= 0.3 is 0 Å². The highest BCUT2D eigenvalue weighted by atomic mass is 32.1. The van der Waals surface area contributed by atoms with E-state index in [1.807, 2.05) is 26.2 Å². The lowest BCUT2D eigenvalue weighted by Crippen LogP contribution is -2.25. The van der Waals surface area contributed by atoms with Gasteiger partial charge in [-0.15, -0.1) is 11.3 Å². The number of hydrogen-bond acceptors (Lipinski definition) is 5. The van der Waals surface area contributed by atoms with Crippen molar-refractivity contribution in [1.82, 2.24) is 4.98 Å². The van der Waals surface area contributed by atoms with Gasteiger partial charge in [-0.1, -0.05) is 12.1 Å². The van der Waals surface area contributed by atoms with Crippen LogP contribution < -0.4 is 5.32 Å². The molecule has 100 valence electrons. The first-order valence-electron chi connectivity index (χ1n) is 5.84. The van der Waals surface area contributed by atoms with Crippen LogP contribution in [0, 0.1) is 10.1 Å².